The fourth-order valence-electron chi connectivity index (χ4n) is 7.68. The largest absolute Gasteiger partial charge is 0.453 e. The number of aromatic amines is 1. The van der Waals surface area contributed by atoms with Crippen LogP contribution in [-0.4, -0.2) is 99.3 Å². The van der Waals surface area contributed by atoms with E-state index in [1.54, 1.807) is 11.1 Å². The molecule has 13 heteroatoms. The van der Waals surface area contributed by atoms with E-state index in [0.29, 0.717) is 25.3 Å². The molecular formula is C41H51N7O6. The quantitative estimate of drug-likeness (QED) is 0.201. The topological polar surface area (TPSA) is 169 Å². The molecule has 286 valence electrons. The maximum atomic E-state index is 13.5. The lowest BCUT2D eigenvalue weighted by molar-refractivity contribution is -0.139. The lowest BCUT2D eigenvalue weighted by Gasteiger charge is -2.31. The third-order valence-electron chi connectivity index (χ3n) is 10.7. The molecule has 4 N–H and O–H groups in total. The first-order valence-electron chi connectivity index (χ1n) is 18.9. The Bertz CT molecular complexity index is 1900. The van der Waals surface area contributed by atoms with Gasteiger partial charge in [-0.15, -0.1) is 0 Å². The van der Waals surface area contributed by atoms with E-state index in [9.17, 15) is 24.3 Å². The van der Waals surface area contributed by atoms with Crippen LogP contribution < -0.4 is 10.6 Å². The maximum absolute atomic E-state index is 13.5. The van der Waals surface area contributed by atoms with Crippen LogP contribution in [0.4, 0.5) is 4.79 Å². The molecule has 2 unspecified atom stereocenters. The molecule has 2 aromatic carbocycles. The minimum Gasteiger partial charge on any atom is -0.453 e. The van der Waals surface area contributed by atoms with Crippen LogP contribution in [0.15, 0.2) is 65.9 Å². The summed E-state index contributed by atoms with van der Waals surface area (Å²) in [5.74, 6) is -0.347. The third kappa shape index (κ3) is 8.25. The Morgan fingerprint density at radius 1 is 0.815 bits per heavy atom. The van der Waals surface area contributed by atoms with Crippen molar-refractivity contribution in [3.63, 3.8) is 0 Å². The Morgan fingerprint density at radius 3 is 1.93 bits per heavy atom. The molecule has 0 saturated carbocycles. The number of amides is 4. The number of allylic oxidation sites excluding steroid dienone is 1. The average Bonchev–Trinajstić information content (AvgIpc) is 4.02. The van der Waals surface area contributed by atoms with Crippen LogP contribution >= 0.6 is 0 Å². The van der Waals surface area contributed by atoms with E-state index in [2.05, 4.69) is 69.1 Å². The number of nitrogens with zero attached hydrogens (tertiary/aromatic N) is 4. The van der Waals surface area contributed by atoms with Gasteiger partial charge in [-0.3, -0.25) is 19.4 Å². The number of aromatic nitrogens is 2. The Labute approximate surface area is 316 Å². The van der Waals surface area contributed by atoms with Gasteiger partial charge in [-0.05, 0) is 65.3 Å². The third-order valence-corrected chi connectivity index (χ3v) is 10.7. The molecule has 4 atom stereocenters. The van der Waals surface area contributed by atoms with Crippen LogP contribution in [0.3, 0.4) is 0 Å². The van der Waals surface area contributed by atoms with Crippen molar-refractivity contribution >= 4 is 35.1 Å². The second kappa shape index (κ2) is 16.8. The summed E-state index contributed by atoms with van der Waals surface area (Å²) in [4.78, 5) is 67.4. The molecule has 13 nitrogen and oxygen atoms in total. The Balaban J connectivity index is 1.07. The van der Waals surface area contributed by atoms with E-state index < -0.39 is 30.7 Å². The van der Waals surface area contributed by atoms with Gasteiger partial charge in [-0.25, -0.2) is 9.78 Å². The lowest BCUT2D eigenvalue weighted by Crippen LogP contribution is -2.53. The van der Waals surface area contributed by atoms with Gasteiger partial charge in [0.15, 0.2) is 0 Å². The molecule has 54 heavy (non-hydrogen) atoms. The minimum atomic E-state index is -0.719. The number of aliphatic hydroxyl groups excluding tert-OH is 1. The first-order chi connectivity index (χ1) is 26.0. The van der Waals surface area contributed by atoms with Crippen molar-refractivity contribution in [3.8, 4) is 22.4 Å². The van der Waals surface area contributed by atoms with Gasteiger partial charge in [0.1, 0.15) is 24.5 Å². The van der Waals surface area contributed by atoms with Gasteiger partial charge in [-0.1, -0.05) is 76.2 Å². The second-order valence-corrected chi connectivity index (χ2v) is 15.0. The summed E-state index contributed by atoms with van der Waals surface area (Å²) < 4.78 is 4.76. The van der Waals surface area contributed by atoms with Crippen LogP contribution in [0, 0.1) is 11.8 Å². The molecule has 4 heterocycles. The van der Waals surface area contributed by atoms with Gasteiger partial charge in [0.2, 0.25) is 17.7 Å². The van der Waals surface area contributed by atoms with Crippen LogP contribution in [-0.2, 0) is 19.1 Å². The highest BCUT2D eigenvalue weighted by Gasteiger charge is 2.39. The summed E-state index contributed by atoms with van der Waals surface area (Å²) in [5.41, 5.74) is 7.13. The highest BCUT2D eigenvalue weighted by Crippen LogP contribution is 2.34. The number of nitrogens with one attached hydrogen (secondary N) is 3. The van der Waals surface area contributed by atoms with E-state index >= 15 is 0 Å². The number of methoxy groups -OCH3 is 1. The number of carbonyl (C=O) groups is 4. The fourth-order valence-corrected chi connectivity index (χ4v) is 7.68. The number of ether oxygens (including phenoxy) is 1. The van der Waals surface area contributed by atoms with E-state index in [1.165, 1.54) is 7.11 Å². The average molecular weight is 738 g/mol. The van der Waals surface area contributed by atoms with Gasteiger partial charge in [0.05, 0.1) is 31.1 Å². The summed E-state index contributed by atoms with van der Waals surface area (Å²) in [7, 11) is 1.30. The monoisotopic (exact) mass is 737 g/mol. The van der Waals surface area contributed by atoms with E-state index in [1.807, 2.05) is 38.8 Å². The highest BCUT2D eigenvalue weighted by atomic mass is 16.5. The standard InChI is InChI=1S/C41H51N7O6/c1-24(2)36(45-35(50)23-49)39(51)48-19-7-9-34(48)38-43-22-32(44-38)29-16-14-27(15-17-29)26-10-12-28(13-11-26)30-20-31(42-21-30)33-8-6-18-47(33)40(52)37(25(3)4)46-41(53)54-5/h10-17,21-22,24-25,33-34,36-37,49H,6-9,18-20,23H2,1-5H3,(H,43,44)(H,45,50)(H,46,53)/t33?,34?,36-,37-/m0/s1. The number of aliphatic hydroxyl groups is 1. The van der Waals surface area contributed by atoms with Crippen LogP contribution in [0.2, 0.25) is 0 Å². The van der Waals surface area contributed by atoms with Crippen molar-refractivity contribution in [1.29, 1.82) is 0 Å². The van der Waals surface area contributed by atoms with Crippen molar-refractivity contribution < 1.29 is 29.0 Å². The van der Waals surface area contributed by atoms with Gasteiger partial charge in [0, 0.05) is 31.4 Å². The highest BCUT2D eigenvalue weighted by molar-refractivity contribution is 6.04. The molecule has 0 radical (unpaired) electrons. The summed E-state index contributed by atoms with van der Waals surface area (Å²) in [5, 5.41) is 14.6. The Kier molecular flexibility index (Phi) is 12.0. The number of rotatable bonds is 12. The molecule has 1 aromatic heterocycles. The van der Waals surface area contributed by atoms with Crippen LogP contribution in [0.25, 0.3) is 28.0 Å². The molecule has 2 saturated heterocycles. The predicted molar refractivity (Wildman–Crippen MR) is 206 cm³/mol. The fraction of sp³-hybridized carbons (Fsp3) is 0.463. The lowest BCUT2D eigenvalue weighted by atomic mass is 9.95. The smallest absolute Gasteiger partial charge is 0.407 e. The van der Waals surface area contributed by atoms with Gasteiger partial charge in [0.25, 0.3) is 0 Å². The second-order valence-electron chi connectivity index (χ2n) is 15.0. The Morgan fingerprint density at radius 2 is 1.35 bits per heavy atom. The van der Waals surface area contributed by atoms with Crippen molar-refractivity contribution in [2.75, 3.05) is 26.8 Å². The number of benzene rings is 2. The molecular weight excluding hydrogens is 686 g/mol. The summed E-state index contributed by atoms with van der Waals surface area (Å²) in [6.07, 6.45) is 7.08. The Hall–Kier alpha value is -5.30. The van der Waals surface area contributed by atoms with E-state index in [-0.39, 0.29) is 35.7 Å². The molecule has 3 aliphatic rings. The number of imidazole rings is 1. The summed E-state index contributed by atoms with van der Waals surface area (Å²) in [6.45, 7) is 8.12. The summed E-state index contributed by atoms with van der Waals surface area (Å²) in [6, 6.07) is 15.0. The molecule has 6 rings (SSSR count). The SMILES string of the molecule is COC(=O)N[C@H](C(=O)N1CCCC1C1=NC=C(c2ccc(-c3ccc(-c4cnc(C5CCCN5C(=O)[C@@H](NC(=O)CO)C(C)C)[nH]4)cc3)cc2)C1)C(C)C. The molecule has 2 fully saturated rings. The molecule has 0 spiro atoms. The van der Waals surface area contributed by atoms with Crippen molar-refractivity contribution in [2.24, 2.45) is 16.8 Å². The number of hydrogen-bond donors (Lipinski definition) is 4. The maximum Gasteiger partial charge on any atom is 0.407 e. The molecule has 4 amide bonds. The van der Waals surface area contributed by atoms with Gasteiger partial charge < -0.3 is 35.3 Å². The summed E-state index contributed by atoms with van der Waals surface area (Å²) >= 11 is 0. The van der Waals surface area contributed by atoms with Crippen molar-refractivity contribution in [2.45, 2.75) is 84.0 Å². The number of likely N-dealkylation sites (tertiary alicyclic amines) is 2. The van der Waals surface area contributed by atoms with Crippen molar-refractivity contribution in [1.82, 2.24) is 30.4 Å². The normalized spacial score (nSPS) is 19.5. The first kappa shape index (κ1) is 38.4. The number of alkyl carbamates (subject to hydrolysis) is 1. The van der Waals surface area contributed by atoms with Crippen LogP contribution in [0.1, 0.15) is 77.2 Å². The van der Waals surface area contributed by atoms with E-state index in [0.717, 1.165) is 64.9 Å². The molecule has 0 aliphatic carbocycles. The number of aliphatic imine (C=N–C) groups is 1. The minimum absolute atomic E-state index is 0.0862. The number of H-pyrrole nitrogens is 1. The zero-order valence-corrected chi connectivity index (χ0v) is 31.7. The van der Waals surface area contributed by atoms with E-state index in [4.69, 9.17) is 9.73 Å². The first-order valence-corrected chi connectivity index (χ1v) is 18.9. The van der Waals surface area contributed by atoms with Gasteiger partial charge in [-0.2, -0.15) is 0 Å². The number of hydrogen-bond acceptors (Lipinski definition) is 8. The predicted octanol–water partition coefficient (Wildman–Crippen LogP) is 5.10. The zero-order chi connectivity index (χ0) is 38.5. The molecule has 0 bridgehead atoms. The van der Waals surface area contributed by atoms with Crippen LogP contribution in [0.5, 0.6) is 0 Å². The van der Waals surface area contributed by atoms with Crippen molar-refractivity contribution in [3.05, 3.63) is 72.3 Å². The number of carbonyl (C=O) groups excluding carboxylic acids is 4. The zero-order valence-electron chi connectivity index (χ0n) is 31.7. The van der Waals surface area contributed by atoms with Gasteiger partial charge >= 0.3 is 6.09 Å². The molecule has 3 aromatic rings. The molecule has 3 aliphatic heterocycles.